The lowest BCUT2D eigenvalue weighted by atomic mass is 10.2. The first-order chi connectivity index (χ1) is 15.2. The highest BCUT2D eigenvalue weighted by atomic mass is 35.5. The summed E-state index contributed by atoms with van der Waals surface area (Å²) in [5, 5.41) is 3.27. The molecule has 1 amide bonds. The number of halogens is 1. The molecule has 0 unspecified atom stereocenters. The fourth-order valence-corrected chi connectivity index (χ4v) is 4.15. The molecule has 8 nitrogen and oxygen atoms in total. The SMILES string of the molecule is COc1ccc(C(=O)Nc2ccc(N(C)C)nc2)cc1S(=O)(=O)NCc1ccc(Cl)cc1. The van der Waals surface area contributed by atoms with Crippen LogP contribution in [0.25, 0.3) is 0 Å². The summed E-state index contributed by atoms with van der Waals surface area (Å²) in [5.41, 5.74) is 1.38. The number of carbonyl (C=O) groups excluding carboxylic acids is 1. The maximum Gasteiger partial charge on any atom is 0.255 e. The molecular weight excluding hydrogens is 452 g/mol. The molecule has 2 N–H and O–H groups in total. The van der Waals surface area contributed by atoms with Gasteiger partial charge in [-0.3, -0.25) is 4.79 Å². The Labute approximate surface area is 192 Å². The minimum absolute atomic E-state index is 0.0585. The van der Waals surface area contributed by atoms with Gasteiger partial charge in [0.2, 0.25) is 10.0 Å². The number of anilines is 2. The molecule has 2 aromatic carbocycles. The second-order valence-corrected chi connectivity index (χ2v) is 9.24. The summed E-state index contributed by atoms with van der Waals surface area (Å²) in [4.78, 5) is 18.6. The van der Waals surface area contributed by atoms with Gasteiger partial charge in [-0.25, -0.2) is 18.1 Å². The standard InChI is InChI=1S/C22H23ClN4O4S/c1-27(2)21-11-9-18(14-24-21)26-22(28)16-6-10-19(31-3)20(12-16)32(29,30)25-13-15-4-7-17(23)8-5-15/h4-12,14,25H,13H2,1-3H3,(H,26,28). The van der Waals surface area contributed by atoms with Gasteiger partial charge in [0.1, 0.15) is 16.5 Å². The van der Waals surface area contributed by atoms with Gasteiger partial charge in [-0.2, -0.15) is 0 Å². The molecule has 3 rings (SSSR count). The number of carbonyl (C=O) groups is 1. The first-order valence-corrected chi connectivity index (χ1v) is 11.4. The number of ether oxygens (including phenoxy) is 1. The fourth-order valence-electron chi connectivity index (χ4n) is 2.81. The van der Waals surface area contributed by atoms with Crippen molar-refractivity contribution in [2.24, 2.45) is 0 Å². The normalized spacial score (nSPS) is 11.1. The van der Waals surface area contributed by atoms with E-state index in [1.807, 2.05) is 19.0 Å². The van der Waals surface area contributed by atoms with Crippen molar-refractivity contribution < 1.29 is 17.9 Å². The lowest BCUT2D eigenvalue weighted by Gasteiger charge is -2.13. The molecule has 3 aromatic rings. The average Bonchev–Trinajstić information content (AvgIpc) is 2.78. The number of hydrogen-bond acceptors (Lipinski definition) is 6. The minimum atomic E-state index is -3.96. The Bertz CT molecular complexity index is 1200. The van der Waals surface area contributed by atoms with E-state index in [1.165, 1.54) is 31.5 Å². The predicted molar refractivity (Wildman–Crippen MR) is 125 cm³/mol. The Morgan fingerprint density at radius 2 is 1.81 bits per heavy atom. The molecule has 0 saturated carbocycles. The van der Waals surface area contributed by atoms with Crippen LogP contribution in [0.5, 0.6) is 5.75 Å². The summed E-state index contributed by atoms with van der Waals surface area (Å²) < 4.78 is 33.6. The third kappa shape index (κ3) is 5.76. The van der Waals surface area contributed by atoms with Gasteiger partial charge in [0.15, 0.2) is 0 Å². The molecule has 10 heteroatoms. The van der Waals surface area contributed by atoms with E-state index >= 15 is 0 Å². The van der Waals surface area contributed by atoms with Gasteiger partial charge in [0.05, 0.1) is 19.0 Å². The van der Waals surface area contributed by atoms with Crippen LogP contribution in [0.1, 0.15) is 15.9 Å². The summed E-state index contributed by atoms with van der Waals surface area (Å²) in [6, 6.07) is 14.5. The maximum absolute atomic E-state index is 12.9. The van der Waals surface area contributed by atoms with Crippen molar-refractivity contribution >= 4 is 39.0 Å². The number of methoxy groups -OCH3 is 1. The van der Waals surface area contributed by atoms with Crippen LogP contribution in [0.3, 0.4) is 0 Å². The number of sulfonamides is 1. The quantitative estimate of drug-likeness (QED) is 0.518. The zero-order valence-electron chi connectivity index (χ0n) is 17.8. The molecule has 0 fully saturated rings. The lowest BCUT2D eigenvalue weighted by molar-refractivity contribution is 0.102. The first kappa shape index (κ1) is 23.5. The van der Waals surface area contributed by atoms with Gasteiger partial charge in [-0.05, 0) is 48.0 Å². The second-order valence-electron chi connectivity index (χ2n) is 7.07. The Hall–Kier alpha value is -3.14. The van der Waals surface area contributed by atoms with Crippen LogP contribution in [-0.4, -0.2) is 40.5 Å². The van der Waals surface area contributed by atoms with Crippen molar-refractivity contribution in [3.05, 3.63) is 76.9 Å². The number of benzene rings is 2. The number of nitrogens with zero attached hydrogens (tertiary/aromatic N) is 2. The molecule has 1 aromatic heterocycles. The van der Waals surface area contributed by atoms with E-state index < -0.39 is 15.9 Å². The molecule has 0 aliphatic heterocycles. The summed E-state index contributed by atoms with van der Waals surface area (Å²) in [5.74, 6) is 0.399. The number of rotatable bonds is 8. The smallest absolute Gasteiger partial charge is 0.255 e. The molecule has 0 atom stereocenters. The van der Waals surface area contributed by atoms with Crippen LogP contribution in [0.4, 0.5) is 11.5 Å². The van der Waals surface area contributed by atoms with E-state index in [9.17, 15) is 13.2 Å². The largest absolute Gasteiger partial charge is 0.495 e. The Balaban J connectivity index is 1.80. The van der Waals surface area contributed by atoms with Gasteiger partial charge in [0.25, 0.3) is 5.91 Å². The van der Waals surface area contributed by atoms with Crippen molar-refractivity contribution in [1.82, 2.24) is 9.71 Å². The van der Waals surface area contributed by atoms with E-state index in [2.05, 4.69) is 15.0 Å². The minimum Gasteiger partial charge on any atom is -0.495 e. The molecule has 0 saturated heterocycles. The molecule has 168 valence electrons. The summed E-state index contributed by atoms with van der Waals surface area (Å²) >= 11 is 5.86. The fraction of sp³-hybridized carbons (Fsp3) is 0.182. The molecule has 0 radical (unpaired) electrons. The zero-order valence-corrected chi connectivity index (χ0v) is 19.4. The average molecular weight is 475 g/mol. The third-order valence-electron chi connectivity index (χ3n) is 4.56. The zero-order chi connectivity index (χ0) is 23.3. The van der Waals surface area contributed by atoms with E-state index in [-0.39, 0.29) is 22.8 Å². The summed E-state index contributed by atoms with van der Waals surface area (Å²) in [6.07, 6.45) is 1.53. The van der Waals surface area contributed by atoms with Crippen LogP contribution >= 0.6 is 11.6 Å². The van der Waals surface area contributed by atoms with Gasteiger partial charge >= 0.3 is 0 Å². The van der Waals surface area contributed by atoms with Crippen molar-refractivity contribution in [1.29, 1.82) is 0 Å². The Morgan fingerprint density at radius 1 is 1.09 bits per heavy atom. The monoisotopic (exact) mass is 474 g/mol. The van der Waals surface area contributed by atoms with Crippen molar-refractivity contribution in [2.75, 3.05) is 31.4 Å². The van der Waals surface area contributed by atoms with Gasteiger partial charge in [-0.15, -0.1) is 0 Å². The first-order valence-electron chi connectivity index (χ1n) is 9.56. The van der Waals surface area contributed by atoms with Crippen LogP contribution < -0.4 is 19.7 Å². The number of amides is 1. The number of nitrogens with one attached hydrogen (secondary N) is 2. The summed E-state index contributed by atoms with van der Waals surface area (Å²) in [6.45, 7) is 0.0585. The van der Waals surface area contributed by atoms with Crippen LogP contribution in [-0.2, 0) is 16.6 Å². The van der Waals surface area contributed by atoms with Crippen molar-refractivity contribution in [3.63, 3.8) is 0 Å². The lowest BCUT2D eigenvalue weighted by Crippen LogP contribution is -2.24. The van der Waals surface area contributed by atoms with E-state index in [0.717, 1.165) is 11.4 Å². The van der Waals surface area contributed by atoms with Crippen molar-refractivity contribution in [3.8, 4) is 5.75 Å². The highest BCUT2D eigenvalue weighted by Gasteiger charge is 2.22. The maximum atomic E-state index is 12.9. The number of aromatic nitrogens is 1. The Morgan fingerprint density at radius 3 is 2.41 bits per heavy atom. The summed E-state index contributed by atoms with van der Waals surface area (Å²) in [7, 11) is 1.13. The highest BCUT2D eigenvalue weighted by molar-refractivity contribution is 7.89. The molecule has 0 spiro atoms. The third-order valence-corrected chi connectivity index (χ3v) is 6.23. The van der Waals surface area contributed by atoms with Crippen LogP contribution in [0, 0.1) is 0 Å². The molecule has 0 aliphatic carbocycles. The molecule has 1 heterocycles. The van der Waals surface area contributed by atoms with E-state index in [0.29, 0.717) is 10.7 Å². The van der Waals surface area contributed by atoms with Crippen LogP contribution in [0.15, 0.2) is 65.7 Å². The molecule has 0 bridgehead atoms. The molecule has 0 aliphatic rings. The van der Waals surface area contributed by atoms with Gasteiger partial charge in [-0.1, -0.05) is 23.7 Å². The Kier molecular flexibility index (Phi) is 7.34. The van der Waals surface area contributed by atoms with E-state index in [1.54, 1.807) is 36.4 Å². The topological polar surface area (TPSA) is 101 Å². The van der Waals surface area contributed by atoms with Crippen LogP contribution in [0.2, 0.25) is 5.02 Å². The van der Waals surface area contributed by atoms with Gasteiger partial charge < -0.3 is 15.0 Å². The molecular formula is C22H23ClN4O4S. The van der Waals surface area contributed by atoms with Gasteiger partial charge in [0, 0.05) is 31.2 Å². The predicted octanol–water partition coefficient (Wildman–Crippen LogP) is 3.54. The number of hydrogen-bond donors (Lipinski definition) is 2. The van der Waals surface area contributed by atoms with Crippen molar-refractivity contribution in [2.45, 2.75) is 11.4 Å². The second kappa shape index (κ2) is 9.99. The van der Waals surface area contributed by atoms with E-state index in [4.69, 9.17) is 16.3 Å². The highest BCUT2D eigenvalue weighted by Crippen LogP contribution is 2.26. The number of pyridine rings is 1. The molecule has 32 heavy (non-hydrogen) atoms.